The summed E-state index contributed by atoms with van der Waals surface area (Å²) in [4.78, 5) is 11.8. The molecule has 0 aromatic heterocycles. The van der Waals surface area contributed by atoms with Crippen molar-refractivity contribution >= 4 is 5.97 Å². The van der Waals surface area contributed by atoms with E-state index in [1.807, 2.05) is 18.2 Å². The lowest BCUT2D eigenvalue weighted by Gasteiger charge is -2.70. The molecule has 22 heavy (non-hydrogen) atoms. The molecule has 0 amide bonds. The number of nitrogens with one attached hydrogen (secondary N) is 1. The summed E-state index contributed by atoms with van der Waals surface area (Å²) in [6.45, 7) is 7.64. The third-order valence-corrected chi connectivity index (χ3v) is 6.77. The molecule has 0 aliphatic heterocycles. The van der Waals surface area contributed by atoms with Crippen LogP contribution in [0.1, 0.15) is 45.6 Å². The predicted octanol–water partition coefficient (Wildman–Crippen LogP) is 3.69. The van der Waals surface area contributed by atoms with E-state index in [1.54, 1.807) is 0 Å². The topological polar surface area (TPSA) is 49.3 Å². The molecule has 3 saturated carbocycles. The Balaban J connectivity index is 1.84. The van der Waals surface area contributed by atoms with Crippen LogP contribution < -0.4 is 5.32 Å². The van der Waals surface area contributed by atoms with Gasteiger partial charge in [0.1, 0.15) is 0 Å². The van der Waals surface area contributed by atoms with Gasteiger partial charge in [0.2, 0.25) is 0 Å². The van der Waals surface area contributed by atoms with E-state index in [9.17, 15) is 9.90 Å². The standard InChI is InChI=1S/C19H27NO2/c1-4-19-11-14(18(19,2)3)10-15(17(21)22)16(19)20-12-13-8-6-5-7-9-13/h5-9,14-16,20H,4,10-12H2,1-3H3,(H,21,22)/t14-,15-,16-,19+/m1/s1. The second-order valence-electron chi connectivity index (χ2n) is 7.66. The van der Waals surface area contributed by atoms with Crippen molar-refractivity contribution in [3.63, 3.8) is 0 Å². The molecule has 1 aromatic rings. The molecule has 3 nitrogen and oxygen atoms in total. The van der Waals surface area contributed by atoms with Crippen LogP contribution >= 0.6 is 0 Å². The monoisotopic (exact) mass is 301 g/mol. The number of carbonyl (C=O) groups is 1. The Hall–Kier alpha value is -1.35. The van der Waals surface area contributed by atoms with Crippen molar-refractivity contribution in [2.45, 2.75) is 52.6 Å². The largest absolute Gasteiger partial charge is 0.481 e. The maximum atomic E-state index is 11.8. The molecule has 0 radical (unpaired) electrons. The first-order valence-corrected chi connectivity index (χ1v) is 8.42. The van der Waals surface area contributed by atoms with E-state index >= 15 is 0 Å². The number of fused-ring (bicyclic) bond motifs is 2. The lowest BCUT2D eigenvalue weighted by atomic mass is 9.35. The van der Waals surface area contributed by atoms with E-state index in [-0.39, 0.29) is 22.8 Å². The van der Waals surface area contributed by atoms with Crippen LogP contribution in [0.5, 0.6) is 0 Å². The Labute approximate surface area is 133 Å². The highest BCUT2D eigenvalue weighted by Crippen LogP contribution is 2.70. The van der Waals surface area contributed by atoms with E-state index in [2.05, 4.69) is 38.2 Å². The van der Waals surface area contributed by atoms with Crippen LogP contribution in [0.2, 0.25) is 0 Å². The molecular weight excluding hydrogens is 274 g/mol. The molecule has 2 bridgehead atoms. The van der Waals surface area contributed by atoms with Gasteiger partial charge in [0.15, 0.2) is 0 Å². The molecule has 3 aliphatic carbocycles. The van der Waals surface area contributed by atoms with Gasteiger partial charge in [0.25, 0.3) is 0 Å². The summed E-state index contributed by atoms with van der Waals surface area (Å²) in [6, 6.07) is 10.3. The summed E-state index contributed by atoms with van der Waals surface area (Å²) in [5.74, 6) is -0.331. The SMILES string of the molecule is CC[C@]12C[C@@H](C[C@@H](C(=O)O)[C@H]1NCc1ccccc1)C2(C)C. The Morgan fingerprint density at radius 1 is 1.32 bits per heavy atom. The second kappa shape index (κ2) is 5.38. The van der Waals surface area contributed by atoms with Crippen LogP contribution in [0.3, 0.4) is 0 Å². The van der Waals surface area contributed by atoms with Gasteiger partial charge in [-0.25, -0.2) is 0 Å². The van der Waals surface area contributed by atoms with Crippen LogP contribution in [0.25, 0.3) is 0 Å². The number of hydrogen-bond acceptors (Lipinski definition) is 2. The molecule has 2 N–H and O–H groups in total. The minimum Gasteiger partial charge on any atom is -0.481 e. The van der Waals surface area contributed by atoms with Gasteiger partial charge >= 0.3 is 5.97 Å². The summed E-state index contributed by atoms with van der Waals surface area (Å²) >= 11 is 0. The minimum absolute atomic E-state index is 0.0650. The van der Waals surface area contributed by atoms with Gasteiger partial charge in [-0.05, 0) is 41.6 Å². The minimum atomic E-state index is -0.636. The zero-order valence-corrected chi connectivity index (χ0v) is 13.8. The lowest BCUT2D eigenvalue weighted by Crippen LogP contribution is -2.71. The highest BCUT2D eigenvalue weighted by Gasteiger charge is 2.68. The molecule has 4 atom stereocenters. The van der Waals surface area contributed by atoms with Crippen molar-refractivity contribution in [1.29, 1.82) is 0 Å². The van der Waals surface area contributed by atoms with Crippen LogP contribution in [0.15, 0.2) is 30.3 Å². The lowest BCUT2D eigenvalue weighted by molar-refractivity contribution is -0.210. The van der Waals surface area contributed by atoms with Gasteiger partial charge in [-0.1, -0.05) is 51.1 Å². The third kappa shape index (κ3) is 2.10. The van der Waals surface area contributed by atoms with E-state index in [0.29, 0.717) is 5.92 Å². The van der Waals surface area contributed by atoms with Crippen molar-refractivity contribution in [3.8, 4) is 0 Å². The van der Waals surface area contributed by atoms with Crippen molar-refractivity contribution in [2.24, 2.45) is 22.7 Å². The smallest absolute Gasteiger partial charge is 0.308 e. The summed E-state index contributed by atoms with van der Waals surface area (Å²) in [5.41, 5.74) is 1.58. The van der Waals surface area contributed by atoms with Gasteiger partial charge in [0.05, 0.1) is 5.92 Å². The first kappa shape index (κ1) is 15.5. The van der Waals surface area contributed by atoms with E-state index in [0.717, 1.165) is 19.4 Å². The van der Waals surface area contributed by atoms with Gasteiger partial charge in [-0.3, -0.25) is 4.79 Å². The van der Waals surface area contributed by atoms with Crippen molar-refractivity contribution in [3.05, 3.63) is 35.9 Å². The van der Waals surface area contributed by atoms with Crippen LogP contribution in [-0.2, 0) is 11.3 Å². The summed E-state index contributed by atoms with van der Waals surface area (Å²) in [5, 5.41) is 13.3. The Morgan fingerprint density at radius 2 is 2.00 bits per heavy atom. The van der Waals surface area contributed by atoms with Crippen LogP contribution in [-0.4, -0.2) is 17.1 Å². The number of benzene rings is 1. The fourth-order valence-electron chi connectivity index (χ4n) is 5.19. The molecule has 4 rings (SSSR count). The normalized spacial score (nSPS) is 35.7. The number of carboxylic acid groups (broad SMARTS) is 1. The fraction of sp³-hybridized carbons (Fsp3) is 0.632. The predicted molar refractivity (Wildman–Crippen MR) is 87.4 cm³/mol. The summed E-state index contributed by atoms with van der Waals surface area (Å²) in [6.07, 6.45) is 3.04. The van der Waals surface area contributed by atoms with Crippen LogP contribution in [0.4, 0.5) is 0 Å². The molecule has 0 spiro atoms. The molecule has 120 valence electrons. The first-order valence-electron chi connectivity index (χ1n) is 8.42. The fourth-order valence-corrected chi connectivity index (χ4v) is 5.19. The third-order valence-electron chi connectivity index (χ3n) is 6.77. The Bertz CT molecular complexity index is 554. The van der Waals surface area contributed by atoms with Crippen molar-refractivity contribution < 1.29 is 9.90 Å². The summed E-state index contributed by atoms with van der Waals surface area (Å²) in [7, 11) is 0. The van der Waals surface area contributed by atoms with Crippen molar-refractivity contribution in [1.82, 2.24) is 5.32 Å². The quantitative estimate of drug-likeness (QED) is 0.872. The van der Waals surface area contributed by atoms with Gasteiger partial charge < -0.3 is 10.4 Å². The van der Waals surface area contributed by atoms with E-state index in [1.165, 1.54) is 12.0 Å². The summed E-state index contributed by atoms with van der Waals surface area (Å²) < 4.78 is 0. The molecule has 3 heteroatoms. The highest BCUT2D eigenvalue weighted by atomic mass is 16.4. The molecule has 3 fully saturated rings. The number of rotatable bonds is 5. The highest BCUT2D eigenvalue weighted by molar-refractivity contribution is 5.72. The maximum absolute atomic E-state index is 11.8. The Morgan fingerprint density at radius 3 is 2.55 bits per heavy atom. The Kier molecular flexibility index (Phi) is 3.80. The molecule has 0 heterocycles. The zero-order valence-electron chi connectivity index (χ0n) is 13.8. The zero-order chi connectivity index (χ0) is 16.0. The maximum Gasteiger partial charge on any atom is 0.308 e. The van der Waals surface area contributed by atoms with Gasteiger partial charge in [-0.15, -0.1) is 0 Å². The molecule has 0 saturated heterocycles. The van der Waals surface area contributed by atoms with Crippen molar-refractivity contribution in [2.75, 3.05) is 0 Å². The molecule has 0 unspecified atom stereocenters. The number of hydrogen-bond donors (Lipinski definition) is 2. The average Bonchev–Trinajstić information content (AvgIpc) is 2.52. The molecular formula is C19H27NO2. The molecule has 1 aromatic carbocycles. The average molecular weight is 301 g/mol. The van der Waals surface area contributed by atoms with E-state index in [4.69, 9.17) is 0 Å². The van der Waals surface area contributed by atoms with Gasteiger partial charge in [0, 0.05) is 12.6 Å². The second-order valence-corrected chi connectivity index (χ2v) is 7.66. The number of aliphatic carboxylic acids is 1. The first-order chi connectivity index (χ1) is 10.4. The van der Waals surface area contributed by atoms with Crippen LogP contribution in [0, 0.1) is 22.7 Å². The number of carboxylic acids is 1. The van der Waals surface area contributed by atoms with E-state index < -0.39 is 5.97 Å². The van der Waals surface area contributed by atoms with Gasteiger partial charge in [-0.2, -0.15) is 0 Å². The molecule has 3 aliphatic rings.